The number of anilines is 4. The normalized spacial score (nSPS) is 13.9. The molecule has 1 amide bonds. The third kappa shape index (κ3) is 5.93. The van der Waals surface area contributed by atoms with Gasteiger partial charge >= 0.3 is 6.01 Å². The molecule has 4 aromatic rings. The Hall–Kier alpha value is -4.09. The number of carbonyl (C=O) groups is 1. The molecule has 0 bridgehead atoms. The highest BCUT2D eigenvalue weighted by Gasteiger charge is 2.20. The highest BCUT2D eigenvalue weighted by atomic mass is 32.1. The summed E-state index contributed by atoms with van der Waals surface area (Å²) in [5.41, 5.74) is 1.25. The lowest BCUT2D eigenvalue weighted by Gasteiger charge is -2.32. The minimum absolute atomic E-state index is 0.174. The Balaban J connectivity index is 1.33. The van der Waals surface area contributed by atoms with Crippen molar-refractivity contribution >= 4 is 40.0 Å². The maximum atomic E-state index is 12.4. The molecule has 1 saturated heterocycles. The van der Waals surface area contributed by atoms with E-state index in [1.165, 1.54) is 11.3 Å². The summed E-state index contributed by atoms with van der Waals surface area (Å²) < 4.78 is 5.99. The predicted octanol–water partition coefficient (Wildman–Crippen LogP) is 4.18. The quantitative estimate of drug-likeness (QED) is 0.385. The molecule has 11 heteroatoms. The van der Waals surface area contributed by atoms with Crippen molar-refractivity contribution in [2.75, 3.05) is 48.8 Å². The van der Waals surface area contributed by atoms with Gasteiger partial charge in [-0.05, 0) is 50.4 Å². The first-order valence-electron chi connectivity index (χ1n) is 11.6. The van der Waals surface area contributed by atoms with Crippen LogP contribution in [-0.4, -0.2) is 64.0 Å². The van der Waals surface area contributed by atoms with Gasteiger partial charge in [0.1, 0.15) is 5.75 Å². The first kappa shape index (κ1) is 23.6. The van der Waals surface area contributed by atoms with Crippen LogP contribution >= 0.6 is 11.3 Å². The van der Waals surface area contributed by atoms with E-state index >= 15 is 0 Å². The number of nitrogens with zero attached hydrogens (tertiary/aromatic N) is 6. The molecule has 0 atom stereocenters. The molecule has 184 valence electrons. The lowest BCUT2D eigenvalue weighted by Crippen LogP contribution is -2.45. The molecule has 0 saturated carbocycles. The zero-order chi connectivity index (χ0) is 24.9. The number of aryl methyl sites for hydroxylation is 1. The lowest BCUT2D eigenvalue weighted by atomic mass is 10.2. The standard InChI is InChI=1S/C25H26N8O2S/c1-17-16-26-25(36-17)30-22-28-23(33-14-12-32(2)13-15-33)31-24(29-22)35-20-10-8-19(9-11-20)27-21(34)18-6-4-3-5-7-18/h3-11,16H,12-15H2,1-2H3,(H,27,34)(H,26,28,29,30,31). The zero-order valence-electron chi connectivity index (χ0n) is 20.0. The van der Waals surface area contributed by atoms with Crippen molar-refractivity contribution in [1.82, 2.24) is 24.8 Å². The maximum absolute atomic E-state index is 12.4. The highest BCUT2D eigenvalue weighted by Crippen LogP contribution is 2.26. The van der Waals surface area contributed by atoms with Gasteiger partial charge in [-0.3, -0.25) is 10.1 Å². The van der Waals surface area contributed by atoms with Crippen molar-refractivity contribution in [2.24, 2.45) is 0 Å². The van der Waals surface area contributed by atoms with E-state index in [1.54, 1.807) is 42.6 Å². The summed E-state index contributed by atoms with van der Waals surface area (Å²) in [5, 5.41) is 6.75. The summed E-state index contributed by atoms with van der Waals surface area (Å²) in [7, 11) is 2.10. The summed E-state index contributed by atoms with van der Waals surface area (Å²) in [4.78, 5) is 35.9. The van der Waals surface area contributed by atoms with E-state index in [4.69, 9.17) is 4.74 Å². The van der Waals surface area contributed by atoms with Crippen molar-refractivity contribution in [3.05, 3.63) is 71.2 Å². The van der Waals surface area contributed by atoms with Gasteiger partial charge in [0.05, 0.1) is 0 Å². The fourth-order valence-electron chi connectivity index (χ4n) is 3.61. The minimum atomic E-state index is -0.174. The average Bonchev–Trinajstić information content (AvgIpc) is 3.30. The van der Waals surface area contributed by atoms with E-state index in [2.05, 4.69) is 47.4 Å². The number of hydrogen-bond acceptors (Lipinski definition) is 10. The first-order chi connectivity index (χ1) is 17.5. The van der Waals surface area contributed by atoms with E-state index in [0.29, 0.717) is 34.0 Å². The second-order valence-corrected chi connectivity index (χ2v) is 9.61. The smallest absolute Gasteiger partial charge is 0.328 e. The van der Waals surface area contributed by atoms with Gasteiger partial charge in [-0.1, -0.05) is 18.2 Å². The van der Waals surface area contributed by atoms with Crippen molar-refractivity contribution in [1.29, 1.82) is 0 Å². The third-order valence-electron chi connectivity index (χ3n) is 5.59. The number of thiazole rings is 1. The molecule has 0 aliphatic carbocycles. The number of nitrogens with one attached hydrogen (secondary N) is 2. The molecule has 3 heterocycles. The number of hydrogen-bond donors (Lipinski definition) is 2. The SMILES string of the molecule is Cc1cnc(Nc2nc(Oc3ccc(NC(=O)c4ccccc4)cc3)nc(N3CCN(C)CC3)n2)s1. The minimum Gasteiger partial charge on any atom is -0.424 e. The van der Waals surface area contributed by atoms with Crippen molar-refractivity contribution in [3.63, 3.8) is 0 Å². The highest BCUT2D eigenvalue weighted by molar-refractivity contribution is 7.15. The van der Waals surface area contributed by atoms with Crippen LogP contribution in [0, 0.1) is 6.92 Å². The molecule has 2 aromatic carbocycles. The Kier molecular flexibility index (Phi) is 7.01. The fourth-order valence-corrected chi connectivity index (χ4v) is 4.27. The van der Waals surface area contributed by atoms with Gasteiger partial charge in [-0.15, -0.1) is 11.3 Å². The van der Waals surface area contributed by atoms with Crippen LogP contribution in [0.3, 0.4) is 0 Å². The number of aromatic nitrogens is 4. The number of ether oxygens (including phenoxy) is 1. The number of likely N-dealkylation sites (N-methyl/N-ethyl adjacent to an activating group) is 1. The summed E-state index contributed by atoms with van der Waals surface area (Å²) in [5.74, 6) is 1.29. The summed E-state index contributed by atoms with van der Waals surface area (Å²) in [6.07, 6.45) is 1.80. The Bertz CT molecular complexity index is 1320. The molecule has 5 rings (SSSR count). The predicted molar refractivity (Wildman–Crippen MR) is 141 cm³/mol. The Morgan fingerprint density at radius 3 is 2.42 bits per heavy atom. The van der Waals surface area contributed by atoms with Crippen molar-refractivity contribution < 1.29 is 9.53 Å². The number of carbonyl (C=O) groups excluding carboxylic acids is 1. The monoisotopic (exact) mass is 502 g/mol. The van der Waals surface area contributed by atoms with Gasteiger partial charge in [0, 0.05) is 48.5 Å². The van der Waals surface area contributed by atoms with Crippen molar-refractivity contribution in [2.45, 2.75) is 6.92 Å². The molecule has 10 nitrogen and oxygen atoms in total. The first-order valence-corrected chi connectivity index (χ1v) is 12.4. The molecule has 1 fully saturated rings. The van der Waals surface area contributed by atoms with Gasteiger partial charge in [0.15, 0.2) is 5.13 Å². The Morgan fingerprint density at radius 1 is 0.972 bits per heavy atom. The van der Waals surface area contributed by atoms with Crippen LogP contribution in [0.5, 0.6) is 11.8 Å². The van der Waals surface area contributed by atoms with E-state index < -0.39 is 0 Å². The molecule has 0 spiro atoms. The maximum Gasteiger partial charge on any atom is 0.328 e. The Morgan fingerprint density at radius 2 is 1.72 bits per heavy atom. The van der Waals surface area contributed by atoms with Crippen LogP contribution in [0.4, 0.5) is 22.7 Å². The van der Waals surface area contributed by atoms with Crippen LogP contribution in [0.25, 0.3) is 0 Å². The second-order valence-electron chi connectivity index (χ2n) is 8.38. The van der Waals surface area contributed by atoms with Gasteiger partial charge in [-0.2, -0.15) is 15.0 Å². The average molecular weight is 503 g/mol. The largest absolute Gasteiger partial charge is 0.424 e. The topological polar surface area (TPSA) is 108 Å². The third-order valence-corrected chi connectivity index (χ3v) is 6.41. The number of benzene rings is 2. The molecule has 0 radical (unpaired) electrons. The van der Waals surface area contributed by atoms with E-state index in [1.807, 2.05) is 25.1 Å². The van der Waals surface area contributed by atoms with Crippen LogP contribution < -0.4 is 20.3 Å². The number of piperazine rings is 1. The van der Waals surface area contributed by atoms with Gasteiger partial charge < -0.3 is 19.9 Å². The molecule has 0 unspecified atom stereocenters. The molecule has 2 N–H and O–H groups in total. The van der Waals surface area contributed by atoms with Gasteiger partial charge in [-0.25, -0.2) is 4.98 Å². The van der Waals surface area contributed by atoms with Crippen LogP contribution in [0.15, 0.2) is 60.8 Å². The molecule has 1 aliphatic rings. The summed E-state index contributed by atoms with van der Waals surface area (Å²) >= 11 is 1.52. The van der Waals surface area contributed by atoms with Crippen LogP contribution in [0.1, 0.15) is 15.2 Å². The van der Waals surface area contributed by atoms with E-state index in [0.717, 1.165) is 31.1 Å². The zero-order valence-corrected chi connectivity index (χ0v) is 20.8. The summed E-state index contributed by atoms with van der Waals surface area (Å²) in [6.45, 7) is 5.46. The second kappa shape index (κ2) is 10.7. The van der Waals surface area contributed by atoms with Gasteiger partial charge in [0.2, 0.25) is 11.9 Å². The summed E-state index contributed by atoms with van der Waals surface area (Å²) in [6, 6.07) is 16.3. The van der Waals surface area contributed by atoms with Crippen molar-refractivity contribution in [3.8, 4) is 11.8 Å². The number of amides is 1. The Labute approximate surface area is 213 Å². The van der Waals surface area contributed by atoms with E-state index in [9.17, 15) is 4.79 Å². The van der Waals surface area contributed by atoms with Crippen LogP contribution in [0.2, 0.25) is 0 Å². The molecular formula is C25H26N8O2S. The molecular weight excluding hydrogens is 476 g/mol. The molecule has 2 aromatic heterocycles. The van der Waals surface area contributed by atoms with Gasteiger partial charge in [0.25, 0.3) is 5.91 Å². The molecule has 36 heavy (non-hydrogen) atoms. The van der Waals surface area contributed by atoms with E-state index in [-0.39, 0.29) is 11.9 Å². The lowest BCUT2D eigenvalue weighted by molar-refractivity contribution is 0.102. The number of rotatable bonds is 7. The fraction of sp³-hybridized carbons (Fsp3) is 0.240. The van der Waals surface area contributed by atoms with Crippen LogP contribution in [-0.2, 0) is 0 Å². The molecule has 1 aliphatic heterocycles.